The molecule has 0 aliphatic heterocycles. The van der Waals surface area contributed by atoms with E-state index in [4.69, 9.17) is 4.74 Å². The van der Waals surface area contributed by atoms with Gasteiger partial charge in [0.2, 0.25) is 0 Å². The van der Waals surface area contributed by atoms with Gasteiger partial charge >= 0.3 is 0 Å². The Labute approximate surface area is 97.0 Å². The van der Waals surface area contributed by atoms with Crippen molar-refractivity contribution >= 4 is 0 Å². The molecule has 2 rings (SSSR count). The molecule has 1 spiro atoms. The van der Waals surface area contributed by atoms with Crippen LogP contribution in [0.2, 0.25) is 0 Å². The lowest BCUT2D eigenvalue weighted by atomic mass is 9.44. The van der Waals surface area contributed by atoms with E-state index in [1.807, 2.05) is 6.92 Å². The van der Waals surface area contributed by atoms with Crippen molar-refractivity contribution in [3.8, 4) is 12.1 Å². The van der Waals surface area contributed by atoms with Crippen molar-refractivity contribution in [2.75, 3.05) is 6.61 Å². The molecule has 0 radical (unpaired) electrons. The third kappa shape index (κ3) is 1.28. The third-order valence-electron chi connectivity index (χ3n) is 4.43. The molecule has 0 saturated heterocycles. The molecule has 16 heavy (non-hydrogen) atoms. The Bertz CT molecular complexity index is 330. The van der Waals surface area contributed by atoms with Crippen LogP contribution in [-0.2, 0) is 4.74 Å². The van der Waals surface area contributed by atoms with Gasteiger partial charge in [-0.05, 0) is 26.2 Å². The van der Waals surface area contributed by atoms with Crippen LogP contribution in [0.25, 0.3) is 0 Å². The van der Waals surface area contributed by atoms with Crippen LogP contribution in [0, 0.1) is 33.5 Å². The van der Waals surface area contributed by atoms with Crippen LogP contribution in [0.1, 0.15) is 45.4 Å². The van der Waals surface area contributed by atoms with E-state index < -0.39 is 5.41 Å². The average Bonchev–Trinajstić information content (AvgIpc) is 2.32. The molecule has 0 heterocycles. The van der Waals surface area contributed by atoms with Crippen molar-refractivity contribution in [3.05, 3.63) is 0 Å². The van der Waals surface area contributed by atoms with Gasteiger partial charge in [-0.2, -0.15) is 10.5 Å². The summed E-state index contributed by atoms with van der Waals surface area (Å²) < 4.78 is 5.56. The highest BCUT2D eigenvalue weighted by Crippen LogP contribution is 2.64. The Morgan fingerprint density at radius 2 is 1.81 bits per heavy atom. The average molecular weight is 218 g/mol. The largest absolute Gasteiger partial charge is 0.376 e. The number of nitriles is 2. The van der Waals surface area contributed by atoms with Crippen molar-refractivity contribution in [2.24, 2.45) is 10.8 Å². The molecular weight excluding hydrogens is 200 g/mol. The Morgan fingerprint density at radius 3 is 2.31 bits per heavy atom. The van der Waals surface area contributed by atoms with E-state index in [-0.39, 0.29) is 11.5 Å². The summed E-state index contributed by atoms with van der Waals surface area (Å²) >= 11 is 0. The molecule has 2 fully saturated rings. The summed E-state index contributed by atoms with van der Waals surface area (Å²) in [5.74, 6) is 0. The molecule has 1 atom stereocenters. The number of hydrogen-bond donors (Lipinski definition) is 0. The van der Waals surface area contributed by atoms with Gasteiger partial charge in [0.15, 0.2) is 5.41 Å². The molecule has 0 aromatic heterocycles. The molecule has 0 N–H and O–H groups in total. The zero-order valence-corrected chi connectivity index (χ0v) is 9.83. The number of hydrogen-bond acceptors (Lipinski definition) is 3. The molecule has 0 aromatic carbocycles. The number of rotatable bonds is 2. The lowest BCUT2D eigenvalue weighted by Crippen LogP contribution is -2.62. The predicted octanol–water partition coefficient (Wildman–Crippen LogP) is 2.78. The Hall–Kier alpha value is -1.06. The monoisotopic (exact) mass is 218 g/mol. The normalized spacial score (nSPS) is 30.1. The maximum atomic E-state index is 9.40. The van der Waals surface area contributed by atoms with Gasteiger partial charge < -0.3 is 4.74 Å². The van der Waals surface area contributed by atoms with Crippen LogP contribution in [0.4, 0.5) is 0 Å². The molecule has 0 bridgehead atoms. The predicted molar refractivity (Wildman–Crippen MR) is 59.2 cm³/mol. The van der Waals surface area contributed by atoms with Crippen molar-refractivity contribution in [1.82, 2.24) is 0 Å². The second-order valence-electron chi connectivity index (χ2n) is 5.02. The van der Waals surface area contributed by atoms with Crippen LogP contribution >= 0.6 is 0 Å². The van der Waals surface area contributed by atoms with Crippen LogP contribution < -0.4 is 0 Å². The van der Waals surface area contributed by atoms with Gasteiger partial charge in [-0.1, -0.05) is 19.3 Å². The number of ether oxygens (including phenoxy) is 1. The van der Waals surface area contributed by atoms with Crippen LogP contribution in [0.15, 0.2) is 0 Å². The van der Waals surface area contributed by atoms with Crippen molar-refractivity contribution in [3.63, 3.8) is 0 Å². The van der Waals surface area contributed by atoms with Crippen molar-refractivity contribution in [1.29, 1.82) is 10.5 Å². The first-order chi connectivity index (χ1) is 7.74. The lowest BCUT2D eigenvalue weighted by Gasteiger charge is -2.58. The molecule has 2 saturated carbocycles. The highest BCUT2D eigenvalue weighted by molar-refractivity contribution is 5.32. The number of nitrogens with zero attached hydrogens (tertiary/aromatic N) is 2. The molecule has 0 amide bonds. The summed E-state index contributed by atoms with van der Waals surface area (Å²) in [5.41, 5.74) is -0.933. The summed E-state index contributed by atoms with van der Waals surface area (Å²) in [6.45, 7) is 2.51. The molecular formula is C13H18N2O. The first-order valence-corrected chi connectivity index (χ1v) is 6.19. The SMILES string of the molecule is CCO[C@H]1CC2(CCCCC2)C1(C#N)C#N. The molecule has 0 unspecified atom stereocenters. The maximum Gasteiger partial charge on any atom is 0.175 e. The standard InChI is InChI=1S/C13H18N2O/c1-2-16-11-8-12(6-4-3-5-7-12)13(11,9-14)10-15/h11H,2-8H2,1H3/t11-/m0/s1. The van der Waals surface area contributed by atoms with Crippen LogP contribution in [-0.4, -0.2) is 12.7 Å². The minimum absolute atomic E-state index is 0.0609. The van der Waals surface area contributed by atoms with E-state index in [0.29, 0.717) is 6.61 Å². The van der Waals surface area contributed by atoms with E-state index >= 15 is 0 Å². The van der Waals surface area contributed by atoms with Crippen LogP contribution in [0.3, 0.4) is 0 Å². The molecule has 3 heteroatoms. The third-order valence-corrected chi connectivity index (χ3v) is 4.43. The fourth-order valence-corrected chi connectivity index (χ4v) is 3.50. The van der Waals surface area contributed by atoms with Crippen LogP contribution in [0.5, 0.6) is 0 Å². The minimum Gasteiger partial charge on any atom is -0.376 e. The second kappa shape index (κ2) is 4.07. The topological polar surface area (TPSA) is 56.8 Å². The molecule has 0 aromatic rings. The van der Waals surface area contributed by atoms with Gasteiger partial charge in [-0.15, -0.1) is 0 Å². The highest BCUT2D eigenvalue weighted by atomic mass is 16.5. The maximum absolute atomic E-state index is 9.40. The summed E-state index contributed by atoms with van der Waals surface area (Å²) in [4.78, 5) is 0. The van der Waals surface area contributed by atoms with E-state index in [9.17, 15) is 10.5 Å². The van der Waals surface area contributed by atoms with Crippen molar-refractivity contribution < 1.29 is 4.74 Å². The van der Waals surface area contributed by atoms with Crippen molar-refractivity contribution in [2.45, 2.75) is 51.6 Å². The molecule has 3 nitrogen and oxygen atoms in total. The van der Waals surface area contributed by atoms with Gasteiger partial charge in [0, 0.05) is 12.0 Å². The summed E-state index contributed by atoms with van der Waals surface area (Å²) in [5, 5.41) is 18.8. The van der Waals surface area contributed by atoms with E-state index in [2.05, 4.69) is 12.1 Å². The zero-order chi connectivity index (χ0) is 11.6. The fourth-order valence-electron chi connectivity index (χ4n) is 3.50. The second-order valence-corrected chi connectivity index (χ2v) is 5.02. The minimum atomic E-state index is -0.872. The summed E-state index contributed by atoms with van der Waals surface area (Å²) in [6, 6.07) is 4.55. The summed E-state index contributed by atoms with van der Waals surface area (Å²) in [7, 11) is 0. The van der Waals surface area contributed by atoms with Gasteiger partial charge in [0.1, 0.15) is 0 Å². The molecule has 2 aliphatic rings. The molecule has 86 valence electrons. The van der Waals surface area contributed by atoms with Gasteiger partial charge in [-0.3, -0.25) is 0 Å². The fraction of sp³-hybridized carbons (Fsp3) is 0.846. The highest BCUT2D eigenvalue weighted by Gasteiger charge is 2.67. The first-order valence-electron chi connectivity index (χ1n) is 6.19. The van der Waals surface area contributed by atoms with E-state index in [0.717, 1.165) is 32.1 Å². The van der Waals surface area contributed by atoms with Gasteiger partial charge in [-0.25, -0.2) is 0 Å². The molecule has 2 aliphatic carbocycles. The quantitative estimate of drug-likeness (QED) is 0.716. The van der Waals surface area contributed by atoms with Gasteiger partial charge in [0.25, 0.3) is 0 Å². The Balaban J connectivity index is 2.24. The Morgan fingerprint density at radius 1 is 1.19 bits per heavy atom. The lowest BCUT2D eigenvalue weighted by molar-refractivity contribution is -0.168. The smallest absolute Gasteiger partial charge is 0.175 e. The first kappa shape index (κ1) is 11.4. The zero-order valence-electron chi connectivity index (χ0n) is 9.83. The van der Waals surface area contributed by atoms with Gasteiger partial charge in [0.05, 0.1) is 18.2 Å². The van der Waals surface area contributed by atoms with E-state index in [1.165, 1.54) is 6.42 Å². The van der Waals surface area contributed by atoms with E-state index in [1.54, 1.807) is 0 Å². The summed E-state index contributed by atoms with van der Waals surface area (Å²) in [6.07, 6.45) is 6.35. The Kier molecular flexibility index (Phi) is 2.91.